The van der Waals surface area contributed by atoms with Crippen LogP contribution in [0, 0.1) is 17.8 Å². The minimum Gasteiger partial charge on any atom is -0.496 e. The van der Waals surface area contributed by atoms with Crippen LogP contribution in [0.15, 0.2) is 91.3 Å². The molecule has 1 fully saturated rings. The molecule has 0 saturated heterocycles. The summed E-state index contributed by atoms with van der Waals surface area (Å²) in [5.41, 5.74) is 5.65. The standard InChI is InChI=1S/C43H48N4O5/c1-3-29-8-12-31(13-9-29)32-16-18-33(19-17-32)37-25-44-42(45-26-37)34-14-10-30(11-15-34)27-47(28-41(49)50)43(51)35-20-22-38(23-21-35)46-40(48)24-36-6-4-5-7-39(36)52-2/h4-7,10-11,14-15,18,20-23,25-26,29,31-32H,3,8-9,12-13,16-17,19,24,27-28H2,1-2H3,(H,46,48)(H,49,50). The molecule has 1 heterocycles. The van der Waals surface area contributed by atoms with Crippen molar-refractivity contribution in [3.8, 4) is 17.1 Å². The number of carbonyl (C=O) groups is 3. The van der Waals surface area contributed by atoms with E-state index >= 15 is 0 Å². The first kappa shape index (κ1) is 36.5. The molecule has 0 aliphatic heterocycles. The van der Waals surface area contributed by atoms with Crippen molar-refractivity contribution < 1.29 is 24.2 Å². The Morgan fingerprint density at radius 1 is 0.865 bits per heavy atom. The van der Waals surface area contributed by atoms with Crippen LogP contribution in [-0.4, -0.2) is 51.4 Å². The molecule has 6 rings (SSSR count). The maximum Gasteiger partial charge on any atom is 0.323 e. The molecule has 4 aromatic rings. The summed E-state index contributed by atoms with van der Waals surface area (Å²) in [6.07, 6.45) is 16.7. The highest BCUT2D eigenvalue weighted by atomic mass is 16.5. The molecule has 2 amide bonds. The number of carbonyl (C=O) groups excluding carboxylic acids is 2. The largest absolute Gasteiger partial charge is 0.496 e. The fourth-order valence-corrected chi connectivity index (χ4v) is 7.70. The molecule has 2 aliphatic rings. The fourth-order valence-electron chi connectivity index (χ4n) is 7.70. The second-order valence-electron chi connectivity index (χ2n) is 14.1. The molecule has 3 aromatic carbocycles. The van der Waals surface area contributed by atoms with Gasteiger partial charge in [0.2, 0.25) is 5.91 Å². The molecule has 1 atom stereocenters. The van der Waals surface area contributed by atoms with Crippen LogP contribution in [0.3, 0.4) is 0 Å². The number of anilines is 1. The summed E-state index contributed by atoms with van der Waals surface area (Å²) in [5, 5.41) is 12.4. The van der Waals surface area contributed by atoms with Gasteiger partial charge in [-0.3, -0.25) is 14.4 Å². The van der Waals surface area contributed by atoms with Crippen molar-refractivity contribution in [2.24, 2.45) is 17.8 Å². The number of allylic oxidation sites excluding steroid dienone is 2. The first-order chi connectivity index (χ1) is 25.3. The normalized spacial score (nSPS) is 18.6. The van der Waals surface area contributed by atoms with Crippen LogP contribution in [0.4, 0.5) is 5.69 Å². The molecule has 1 aromatic heterocycles. The van der Waals surface area contributed by atoms with E-state index in [0.29, 0.717) is 22.8 Å². The number of para-hydroxylation sites is 1. The molecule has 0 spiro atoms. The Kier molecular flexibility index (Phi) is 12.1. The van der Waals surface area contributed by atoms with E-state index < -0.39 is 18.4 Å². The van der Waals surface area contributed by atoms with E-state index in [1.807, 2.05) is 54.9 Å². The molecule has 9 nitrogen and oxygen atoms in total. The monoisotopic (exact) mass is 700 g/mol. The number of ether oxygens (including phenoxy) is 1. The van der Waals surface area contributed by atoms with E-state index in [9.17, 15) is 19.5 Å². The van der Waals surface area contributed by atoms with Gasteiger partial charge in [-0.2, -0.15) is 0 Å². The SMILES string of the molecule is CCC1CCC(C2CC=C(c3cnc(-c4ccc(CN(CC(=O)O)C(=O)c5ccc(NC(=O)Cc6ccccc6OC)cc5)cc4)nc3)CC2)CC1. The molecule has 1 saturated carbocycles. The van der Waals surface area contributed by atoms with Gasteiger partial charge in [-0.1, -0.05) is 74.7 Å². The van der Waals surface area contributed by atoms with Gasteiger partial charge in [0.1, 0.15) is 12.3 Å². The highest BCUT2D eigenvalue weighted by Crippen LogP contribution is 2.41. The molecule has 2 aliphatic carbocycles. The zero-order valence-electron chi connectivity index (χ0n) is 30.1. The van der Waals surface area contributed by atoms with Gasteiger partial charge < -0.3 is 20.1 Å². The zero-order chi connectivity index (χ0) is 36.5. The number of aromatic nitrogens is 2. The highest BCUT2D eigenvalue weighted by molar-refractivity contribution is 5.97. The molecule has 52 heavy (non-hydrogen) atoms. The molecule has 0 bridgehead atoms. The van der Waals surface area contributed by atoms with Crippen molar-refractivity contribution in [1.29, 1.82) is 0 Å². The number of rotatable bonds is 13. The molecule has 0 radical (unpaired) electrons. The summed E-state index contributed by atoms with van der Waals surface area (Å²) in [7, 11) is 1.56. The van der Waals surface area contributed by atoms with Crippen molar-refractivity contribution in [3.05, 3.63) is 114 Å². The molecule has 1 unspecified atom stereocenters. The van der Waals surface area contributed by atoms with Crippen LogP contribution in [0.2, 0.25) is 0 Å². The number of hydrogen-bond acceptors (Lipinski definition) is 6. The van der Waals surface area contributed by atoms with Gasteiger partial charge in [0.25, 0.3) is 5.91 Å². The van der Waals surface area contributed by atoms with Crippen molar-refractivity contribution >= 4 is 29.0 Å². The second kappa shape index (κ2) is 17.3. The van der Waals surface area contributed by atoms with Crippen molar-refractivity contribution in [3.63, 3.8) is 0 Å². The Labute approximate surface area is 306 Å². The summed E-state index contributed by atoms with van der Waals surface area (Å²) in [6, 6.07) is 21.3. The third kappa shape index (κ3) is 9.32. The molecular formula is C43H48N4O5. The lowest BCUT2D eigenvalue weighted by Crippen LogP contribution is -2.35. The van der Waals surface area contributed by atoms with E-state index in [-0.39, 0.29) is 18.9 Å². The average molecular weight is 701 g/mol. The minimum absolute atomic E-state index is 0.109. The number of hydrogen-bond donors (Lipinski definition) is 2. The van der Waals surface area contributed by atoms with Gasteiger partial charge in [-0.05, 0) is 91.3 Å². The predicted molar refractivity (Wildman–Crippen MR) is 203 cm³/mol. The van der Waals surface area contributed by atoms with Crippen LogP contribution in [0.1, 0.15) is 85.3 Å². The summed E-state index contributed by atoms with van der Waals surface area (Å²) in [5.74, 6) is 2.10. The zero-order valence-corrected chi connectivity index (χ0v) is 30.1. The van der Waals surface area contributed by atoms with E-state index in [1.54, 1.807) is 37.4 Å². The Morgan fingerprint density at radius 3 is 2.21 bits per heavy atom. The molecule has 2 N–H and O–H groups in total. The van der Waals surface area contributed by atoms with Gasteiger partial charge >= 0.3 is 5.97 Å². The maximum atomic E-state index is 13.4. The third-order valence-corrected chi connectivity index (χ3v) is 10.8. The number of benzene rings is 3. The van der Waals surface area contributed by atoms with Crippen LogP contribution >= 0.6 is 0 Å². The van der Waals surface area contributed by atoms with Crippen LogP contribution in [0.5, 0.6) is 5.75 Å². The molecule has 270 valence electrons. The Bertz CT molecular complexity index is 1860. The quantitative estimate of drug-likeness (QED) is 0.144. The van der Waals surface area contributed by atoms with Gasteiger partial charge in [-0.25, -0.2) is 9.97 Å². The Balaban J connectivity index is 1.04. The lowest BCUT2D eigenvalue weighted by molar-refractivity contribution is -0.137. The average Bonchev–Trinajstić information content (AvgIpc) is 3.18. The number of amides is 2. The van der Waals surface area contributed by atoms with Crippen molar-refractivity contribution in [2.45, 2.75) is 71.3 Å². The third-order valence-electron chi connectivity index (χ3n) is 10.8. The minimum atomic E-state index is -1.11. The summed E-state index contributed by atoms with van der Waals surface area (Å²) in [6.45, 7) is 1.97. The number of carboxylic acid groups (broad SMARTS) is 1. The van der Waals surface area contributed by atoms with Gasteiger partial charge in [-0.15, -0.1) is 0 Å². The van der Waals surface area contributed by atoms with Crippen molar-refractivity contribution in [1.82, 2.24) is 14.9 Å². The summed E-state index contributed by atoms with van der Waals surface area (Å²) < 4.78 is 5.33. The lowest BCUT2D eigenvalue weighted by atomic mass is 9.71. The van der Waals surface area contributed by atoms with Gasteiger partial charge in [0.05, 0.1) is 13.5 Å². The van der Waals surface area contributed by atoms with Crippen LogP contribution in [0.25, 0.3) is 17.0 Å². The molecular weight excluding hydrogens is 652 g/mol. The van der Waals surface area contributed by atoms with Gasteiger partial charge in [0.15, 0.2) is 5.82 Å². The predicted octanol–water partition coefficient (Wildman–Crippen LogP) is 8.46. The number of carboxylic acids is 1. The van der Waals surface area contributed by atoms with E-state index in [4.69, 9.17) is 4.74 Å². The first-order valence-electron chi connectivity index (χ1n) is 18.4. The Hall–Kier alpha value is -5.31. The van der Waals surface area contributed by atoms with E-state index in [1.165, 1.54) is 49.0 Å². The number of nitrogens with zero attached hydrogens (tertiary/aromatic N) is 3. The van der Waals surface area contributed by atoms with Crippen LogP contribution < -0.4 is 10.1 Å². The number of methoxy groups -OCH3 is 1. The second-order valence-corrected chi connectivity index (χ2v) is 14.1. The first-order valence-corrected chi connectivity index (χ1v) is 18.4. The van der Waals surface area contributed by atoms with Crippen molar-refractivity contribution in [2.75, 3.05) is 19.0 Å². The fraction of sp³-hybridized carbons (Fsp3) is 0.372. The summed E-state index contributed by atoms with van der Waals surface area (Å²) in [4.78, 5) is 48.5. The topological polar surface area (TPSA) is 122 Å². The van der Waals surface area contributed by atoms with E-state index in [2.05, 4.69) is 28.3 Å². The maximum absolute atomic E-state index is 13.4. The highest BCUT2D eigenvalue weighted by Gasteiger charge is 2.28. The van der Waals surface area contributed by atoms with Gasteiger partial charge in [0, 0.05) is 46.9 Å². The van der Waals surface area contributed by atoms with Crippen LogP contribution in [-0.2, 0) is 22.6 Å². The summed E-state index contributed by atoms with van der Waals surface area (Å²) >= 11 is 0. The smallest absolute Gasteiger partial charge is 0.323 e. The molecule has 9 heteroatoms. The Morgan fingerprint density at radius 2 is 1.58 bits per heavy atom. The number of aliphatic carboxylic acids is 1. The number of nitrogens with one attached hydrogen (secondary N) is 1. The van der Waals surface area contributed by atoms with E-state index in [0.717, 1.165) is 52.8 Å². The lowest BCUT2D eigenvalue weighted by Gasteiger charge is -2.35.